The highest BCUT2D eigenvalue weighted by Gasteiger charge is 2.28. The Morgan fingerprint density at radius 2 is 1.62 bits per heavy atom. The van der Waals surface area contributed by atoms with Crippen LogP contribution >= 0.6 is 0 Å². The van der Waals surface area contributed by atoms with E-state index in [1.54, 1.807) is 0 Å². The number of amides is 1. The summed E-state index contributed by atoms with van der Waals surface area (Å²) in [6, 6.07) is 0.0813. The average Bonchev–Trinajstić information content (AvgIpc) is 2.33. The topological polar surface area (TPSA) is 107 Å². The first-order valence-corrected chi connectivity index (χ1v) is 7.25. The molecular weight excluding hydrogens is 276 g/mol. The Labute approximate surface area is 124 Å². The van der Waals surface area contributed by atoms with E-state index < -0.39 is 25.0 Å². The van der Waals surface area contributed by atoms with E-state index in [2.05, 4.69) is 19.2 Å². The third kappa shape index (κ3) is 6.12. The van der Waals surface area contributed by atoms with Gasteiger partial charge < -0.3 is 15.5 Å². The number of nitrogens with one attached hydrogen (secondary N) is 1. The van der Waals surface area contributed by atoms with Crippen molar-refractivity contribution in [3.63, 3.8) is 0 Å². The van der Waals surface area contributed by atoms with Gasteiger partial charge in [-0.05, 0) is 18.3 Å². The van der Waals surface area contributed by atoms with E-state index in [0.29, 0.717) is 11.8 Å². The van der Waals surface area contributed by atoms with E-state index in [9.17, 15) is 14.4 Å². The highest BCUT2D eigenvalue weighted by atomic mass is 16.4. The van der Waals surface area contributed by atoms with Crippen LogP contribution in [-0.2, 0) is 14.4 Å². The maximum Gasteiger partial charge on any atom is 0.317 e. The number of carboxylic acids is 2. The van der Waals surface area contributed by atoms with Crippen molar-refractivity contribution in [2.45, 2.75) is 39.2 Å². The minimum Gasteiger partial charge on any atom is -0.480 e. The molecule has 1 rings (SSSR count). The molecule has 1 aliphatic carbocycles. The second-order valence-corrected chi connectivity index (χ2v) is 5.87. The van der Waals surface area contributed by atoms with Gasteiger partial charge in [-0.25, -0.2) is 0 Å². The molecule has 0 aliphatic heterocycles. The number of rotatable bonds is 7. The second kappa shape index (κ2) is 7.97. The summed E-state index contributed by atoms with van der Waals surface area (Å²) >= 11 is 0. The van der Waals surface area contributed by atoms with E-state index in [4.69, 9.17) is 10.2 Å². The minimum absolute atomic E-state index is 0.0813. The van der Waals surface area contributed by atoms with Gasteiger partial charge in [-0.15, -0.1) is 0 Å². The Hall–Kier alpha value is -1.63. The third-order valence-electron chi connectivity index (χ3n) is 4.14. The summed E-state index contributed by atoms with van der Waals surface area (Å²) in [4.78, 5) is 34.5. The zero-order valence-corrected chi connectivity index (χ0v) is 12.5. The van der Waals surface area contributed by atoms with Gasteiger partial charge in [0.1, 0.15) is 0 Å². The molecule has 3 atom stereocenters. The number of carbonyl (C=O) groups is 3. The molecular formula is C14H24N2O5. The summed E-state index contributed by atoms with van der Waals surface area (Å²) in [5.41, 5.74) is 0. The SMILES string of the molecule is CC1CCCC(NC(=O)CN(CC(=O)O)CC(=O)O)C1C. The largest absolute Gasteiger partial charge is 0.480 e. The monoisotopic (exact) mass is 300 g/mol. The number of hydrogen-bond acceptors (Lipinski definition) is 4. The highest BCUT2D eigenvalue weighted by Crippen LogP contribution is 2.29. The molecule has 0 radical (unpaired) electrons. The molecule has 0 aromatic rings. The van der Waals surface area contributed by atoms with Crippen molar-refractivity contribution >= 4 is 17.8 Å². The fraction of sp³-hybridized carbons (Fsp3) is 0.786. The first-order valence-electron chi connectivity index (χ1n) is 7.25. The maximum absolute atomic E-state index is 12.0. The summed E-state index contributed by atoms with van der Waals surface area (Å²) < 4.78 is 0. The Morgan fingerprint density at radius 1 is 1.05 bits per heavy atom. The van der Waals surface area contributed by atoms with Crippen molar-refractivity contribution in [1.29, 1.82) is 0 Å². The minimum atomic E-state index is -1.15. The second-order valence-electron chi connectivity index (χ2n) is 5.87. The van der Waals surface area contributed by atoms with Crippen molar-refractivity contribution in [3.8, 4) is 0 Å². The summed E-state index contributed by atoms with van der Waals surface area (Å²) in [7, 11) is 0. The van der Waals surface area contributed by atoms with Crippen LogP contribution in [-0.4, -0.2) is 58.6 Å². The molecule has 1 fully saturated rings. The Kier molecular flexibility index (Phi) is 6.61. The zero-order chi connectivity index (χ0) is 16.0. The molecule has 0 bridgehead atoms. The summed E-state index contributed by atoms with van der Waals surface area (Å²) in [5.74, 6) is -1.70. The van der Waals surface area contributed by atoms with Crippen LogP contribution in [0.4, 0.5) is 0 Å². The van der Waals surface area contributed by atoms with E-state index >= 15 is 0 Å². The van der Waals surface area contributed by atoms with Crippen LogP contribution in [0.2, 0.25) is 0 Å². The van der Waals surface area contributed by atoms with Crippen LogP contribution in [0, 0.1) is 11.8 Å². The van der Waals surface area contributed by atoms with Crippen molar-refractivity contribution in [2.24, 2.45) is 11.8 Å². The number of carboxylic acid groups (broad SMARTS) is 2. The Morgan fingerprint density at radius 3 is 2.14 bits per heavy atom. The standard InChI is InChI=1S/C14H24N2O5/c1-9-4-3-5-11(10(9)2)15-12(17)6-16(7-13(18)19)8-14(20)21/h9-11H,3-8H2,1-2H3,(H,15,17)(H,18,19)(H,20,21). The Balaban J connectivity index is 2.52. The highest BCUT2D eigenvalue weighted by molar-refractivity contribution is 5.80. The quantitative estimate of drug-likeness (QED) is 0.628. The van der Waals surface area contributed by atoms with E-state index in [1.165, 1.54) is 0 Å². The molecule has 0 saturated heterocycles. The molecule has 120 valence electrons. The van der Waals surface area contributed by atoms with Crippen LogP contribution in [0.5, 0.6) is 0 Å². The number of carbonyl (C=O) groups excluding carboxylic acids is 1. The van der Waals surface area contributed by atoms with Crippen molar-refractivity contribution in [3.05, 3.63) is 0 Å². The Bertz CT molecular complexity index is 383. The van der Waals surface area contributed by atoms with E-state index in [0.717, 1.165) is 24.2 Å². The number of nitrogens with zero attached hydrogens (tertiary/aromatic N) is 1. The molecule has 0 aromatic heterocycles. The zero-order valence-electron chi connectivity index (χ0n) is 12.5. The predicted molar refractivity (Wildman–Crippen MR) is 75.8 cm³/mol. The molecule has 1 saturated carbocycles. The van der Waals surface area contributed by atoms with Crippen LogP contribution in [0.3, 0.4) is 0 Å². The lowest BCUT2D eigenvalue weighted by Crippen LogP contribution is -2.48. The van der Waals surface area contributed by atoms with Gasteiger partial charge >= 0.3 is 11.9 Å². The van der Waals surface area contributed by atoms with Crippen molar-refractivity contribution in [2.75, 3.05) is 19.6 Å². The molecule has 0 heterocycles. The lowest BCUT2D eigenvalue weighted by Gasteiger charge is -2.35. The lowest BCUT2D eigenvalue weighted by molar-refractivity contribution is -0.142. The predicted octanol–water partition coefficient (Wildman–Crippen LogP) is 0.399. The molecule has 0 spiro atoms. The van der Waals surface area contributed by atoms with Gasteiger partial charge in [-0.3, -0.25) is 19.3 Å². The maximum atomic E-state index is 12.0. The fourth-order valence-corrected chi connectivity index (χ4v) is 2.79. The molecule has 1 amide bonds. The van der Waals surface area contributed by atoms with Crippen molar-refractivity contribution in [1.82, 2.24) is 10.2 Å². The van der Waals surface area contributed by atoms with Gasteiger partial charge in [0.05, 0.1) is 19.6 Å². The first-order chi connectivity index (χ1) is 9.79. The molecule has 3 unspecified atom stereocenters. The van der Waals surface area contributed by atoms with Crippen LogP contribution in [0.25, 0.3) is 0 Å². The number of aliphatic carboxylic acids is 2. The smallest absolute Gasteiger partial charge is 0.317 e. The van der Waals surface area contributed by atoms with Crippen LogP contribution < -0.4 is 5.32 Å². The van der Waals surface area contributed by atoms with Crippen LogP contribution in [0.15, 0.2) is 0 Å². The van der Waals surface area contributed by atoms with Crippen LogP contribution in [0.1, 0.15) is 33.1 Å². The van der Waals surface area contributed by atoms with Crippen molar-refractivity contribution < 1.29 is 24.6 Å². The van der Waals surface area contributed by atoms with Gasteiger partial charge in [0, 0.05) is 6.04 Å². The average molecular weight is 300 g/mol. The summed E-state index contributed by atoms with van der Waals surface area (Å²) in [6.45, 7) is 3.12. The molecule has 0 aromatic carbocycles. The molecule has 21 heavy (non-hydrogen) atoms. The lowest BCUT2D eigenvalue weighted by atomic mass is 9.78. The van der Waals surface area contributed by atoms with E-state index in [-0.39, 0.29) is 18.5 Å². The molecule has 1 aliphatic rings. The van der Waals surface area contributed by atoms with Gasteiger partial charge in [-0.2, -0.15) is 0 Å². The fourth-order valence-electron chi connectivity index (χ4n) is 2.79. The summed E-state index contributed by atoms with van der Waals surface area (Å²) in [6.07, 6.45) is 3.12. The van der Waals surface area contributed by atoms with Gasteiger partial charge in [0.25, 0.3) is 0 Å². The first kappa shape index (κ1) is 17.4. The van der Waals surface area contributed by atoms with Gasteiger partial charge in [-0.1, -0.05) is 26.7 Å². The molecule has 7 nitrogen and oxygen atoms in total. The van der Waals surface area contributed by atoms with E-state index in [1.807, 2.05) is 0 Å². The van der Waals surface area contributed by atoms with Gasteiger partial charge in [0.2, 0.25) is 5.91 Å². The molecule has 3 N–H and O–H groups in total. The summed E-state index contributed by atoms with van der Waals surface area (Å²) in [5, 5.41) is 20.4. The third-order valence-corrected chi connectivity index (χ3v) is 4.14. The molecule has 7 heteroatoms. The normalized spacial score (nSPS) is 25.6. The van der Waals surface area contributed by atoms with Gasteiger partial charge in [0.15, 0.2) is 0 Å². The number of hydrogen-bond donors (Lipinski definition) is 3.